The van der Waals surface area contributed by atoms with E-state index in [1.807, 2.05) is 0 Å². The molecule has 0 fully saturated rings. The highest BCUT2D eigenvalue weighted by Crippen LogP contribution is 2.13. The fourth-order valence-corrected chi connectivity index (χ4v) is 1.72. The predicted octanol–water partition coefficient (Wildman–Crippen LogP) is 2.15. The molecule has 0 saturated carbocycles. The van der Waals surface area contributed by atoms with Crippen LogP contribution in [0.3, 0.4) is 0 Å². The van der Waals surface area contributed by atoms with E-state index in [9.17, 15) is 9.59 Å². The third-order valence-corrected chi connectivity index (χ3v) is 2.74. The Morgan fingerprint density at radius 3 is 2.15 bits per heavy atom. The number of carboxylic acids is 1. The highest BCUT2D eigenvalue weighted by molar-refractivity contribution is 6.04. The van der Waals surface area contributed by atoms with Gasteiger partial charge in [-0.2, -0.15) is 0 Å². The normalized spacial score (nSPS) is 10.0. The van der Waals surface area contributed by atoms with Gasteiger partial charge in [-0.15, -0.1) is 0 Å². The van der Waals surface area contributed by atoms with E-state index in [2.05, 4.69) is 5.32 Å². The Labute approximate surface area is 116 Å². The molecule has 2 aromatic rings. The zero-order chi connectivity index (χ0) is 14.5. The summed E-state index contributed by atoms with van der Waals surface area (Å²) in [6.45, 7) is 0. The number of nitrogens with two attached hydrogens (primary N) is 1. The Balaban J connectivity index is 2.04. The maximum Gasteiger partial charge on any atom is 0.307 e. The molecule has 0 aliphatic rings. The number of hydrogen-bond donors (Lipinski definition) is 3. The first kappa shape index (κ1) is 13.6. The van der Waals surface area contributed by atoms with Crippen LogP contribution in [0.4, 0.5) is 11.4 Å². The summed E-state index contributed by atoms with van der Waals surface area (Å²) in [4.78, 5) is 22.5. The van der Waals surface area contributed by atoms with E-state index in [0.29, 0.717) is 22.5 Å². The van der Waals surface area contributed by atoms with Gasteiger partial charge in [0.05, 0.1) is 6.42 Å². The number of anilines is 2. The fraction of sp³-hybridized carbons (Fsp3) is 0.0667. The molecule has 20 heavy (non-hydrogen) atoms. The average Bonchev–Trinajstić information content (AvgIpc) is 2.41. The van der Waals surface area contributed by atoms with E-state index >= 15 is 0 Å². The quantitative estimate of drug-likeness (QED) is 0.742. The summed E-state index contributed by atoms with van der Waals surface area (Å²) in [6, 6.07) is 13.3. The van der Waals surface area contributed by atoms with Crippen LogP contribution >= 0.6 is 0 Å². The van der Waals surface area contributed by atoms with Crippen molar-refractivity contribution in [2.45, 2.75) is 6.42 Å². The lowest BCUT2D eigenvalue weighted by atomic mass is 10.1. The van der Waals surface area contributed by atoms with Crippen molar-refractivity contribution < 1.29 is 14.7 Å². The molecule has 4 N–H and O–H groups in total. The number of nitrogens with one attached hydrogen (secondary N) is 1. The topological polar surface area (TPSA) is 92.4 Å². The standard InChI is InChI=1S/C15H14N2O3/c16-12-5-3-11(4-6-12)15(20)17-13-7-1-10(2-8-13)9-14(18)19/h1-8H,9,16H2,(H,17,20)(H,18,19). The van der Waals surface area contributed by atoms with Gasteiger partial charge in [-0.1, -0.05) is 12.1 Å². The number of amides is 1. The summed E-state index contributed by atoms with van der Waals surface area (Å²) < 4.78 is 0. The highest BCUT2D eigenvalue weighted by atomic mass is 16.4. The van der Waals surface area contributed by atoms with Gasteiger partial charge < -0.3 is 16.2 Å². The SMILES string of the molecule is Nc1ccc(C(=O)Nc2ccc(CC(=O)O)cc2)cc1. The lowest BCUT2D eigenvalue weighted by molar-refractivity contribution is -0.136. The van der Waals surface area contributed by atoms with Crippen molar-refractivity contribution in [1.29, 1.82) is 0 Å². The van der Waals surface area contributed by atoms with E-state index in [0.717, 1.165) is 0 Å². The van der Waals surface area contributed by atoms with E-state index in [1.165, 1.54) is 0 Å². The van der Waals surface area contributed by atoms with E-state index in [-0.39, 0.29) is 12.3 Å². The third-order valence-electron chi connectivity index (χ3n) is 2.74. The van der Waals surface area contributed by atoms with E-state index in [4.69, 9.17) is 10.8 Å². The zero-order valence-corrected chi connectivity index (χ0v) is 10.7. The van der Waals surface area contributed by atoms with Gasteiger partial charge >= 0.3 is 5.97 Å². The molecule has 102 valence electrons. The van der Waals surface area contributed by atoms with Crippen LogP contribution in [-0.2, 0) is 11.2 Å². The molecule has 0 unspecified atom stereocenters. The smallest absolute Gasteiger partial charge is 0.307 e. The molecule has 0 radical (unpaired) electrons. The number of carbonyl (C=O) groups is 2. The lowest BCUT2D eigenvalue weighted by Crippen LogP contribution is -2.11. The second kappa shape index (κ2) is 5.88. The molecule has 0 aliphatic heterocycles. The lowest BCUT2D eigenvalue weighted by Gasteiger charge is -2.06. The summed E-state index contributed by atoms with van der Waals surface area (Å²) in [6.07, 6.45) is -0.0355. The van der Waals surface area contributed by atoms with Crippen LogP contribution in [0.1, 0.15) is 15.9 Å². The Kier molecular flexibility index (Phi) is 4.00. The monoisotopic (exact) mass is 270 g/mol. The van der Waals surface area contributed by atoms with Gasteiger partial charge in [0.2, 0.25) is 0 Å². The number of carboxylic acid groups (broad SMARTS) is 1. The van der Waals surface area contributed by atoms with Gasteiger partial charge in [0.1, 0.15) is 0 Å². The molecule has 0 aliphatic carbocycles. The van der Waals surface area contributed by atoms with Crippen molar-refractivity contribution >= 4 is 23.3 Å². The number of carbonyl (C=O) groups excluding carboxylic acids is 1. The molecule has 5 nitrogen and oxygen atoms in total. The van der Waals surface area contributed by atoms with E-state index < -0.39 is 5.97 Å². The third kappa shape index (κ3) is 3.58. The maximum atomic E-state index is 11.9. The van der Waals surface area contributed by atoms with Crippen molar-refractivity contribution in [2.24, 2.45) is 0 Å². The minimum atomic E-state index is -0.886. The molecule has 0 bridgehead atoms. The number of benzene rings is 2. The summed E-state index contributed by atoms with van der Waals surface area (Å²) in [5, 5.41) is 11.4. The number of nitrogen functional groups attached to an aromatic ring is 1. The largest absolute Gasteiger partial charge is 0.481 e. The van der Waals surface area contributed by atoms with Crippen LogP contribution in [0.2, 0.25) is 0 Å². The molecule has 1 amide bonds. The first-order valence-electron chi connectivity index (χ1n) is 6.02. The molecule has 0 aromatic heterocycles. The Bertz CT molecular complexity index is 619. The summed E-state index contributed by atoms with van der Waals surface area (Å²) in [5.74, 6) is -1.13. The van der Waals surface area contributed by atoms with Gasteiger partial charge in [0.25, 0.3) is 5.91 Å². The van der Waals surface area contributed by atoms with Gasteiger partial charge in [0, 0.05) is 16.9 Å². The zero-order valence-electron chi connectivity index (χ0n) is 10.7. The minimum Gasteiger partial charge on any atom is -0.481 e. The van der Waals surface area contributed by atoms with Crippen LogP contribution in [0, 0.1) is 0 Å². The minimum absolute atomic E-state index is 0.0355. The summed E-state index contributed by atoms with van der Waals surface area (Å²) >= 11 is 0. The number of rotatable bonds is 4. The van der Waals surface area contributed by atoms with Gasteiger partial charge in [-0.25, -0.2) is 0 Å². The van der Waals surface area contributed by atoms with Gasteiger partial charge in [-0.3, -0.25) is 9.59 Å². The first-order valence-corrected chi connectivity index (χ1v) is 6.02. The highest BCUT2D eigenvalue weighted by Gasteiger charge is 2.06. The Hall–Kier alpha value is -2.82. The van der Waals surface area contributed by atoms with Crippen LogP contribution < -0.4 is 11.1 Å². The van der Waals surface area contributed by atoms with Crippen molar-refractivity contribution in [3.05, 3.63) is 59.7 Å². The van der Waals surface area contributed by atoms with Crippen molar-refractivity contribution in [3.63, 3.8) is 0 Å². The first-order chi connectivity index (χ1) is 9.54. The molecule has 2 rings (SSSR count). The predicted molar refractivity (Wildman–Crippen MR) is 76.6 cm³/mol. The van der Waals surface area contributed by atoms with Gasteiger partial charge in [-0.05, 0) is 42.0 Å². The molecule has 2 aromatic carbocycles. The summed E-state index contributed by atoms with van der Waals surface area (Å²) in [5.41, 5.74) is 7.96. The fourth-order valence-electron chi connectivity index (χ4n) is 1.72. The van der Waals surface area contributed by atoms with Crippen LogP contribution in [0.25, 0.3) is 0 Å². The molecule has 0 spiro atoms. The Morgan fingerprint density at radius 1 is 1.00 bits per heavy atom. The van der Waals surface area contributed by atoms with Crippen molar-refractivity contribution in [2.75, 3.05) is 11.1 Å². The second-order valence-corrected chi connectivity index (χ2v) is 4.34. The van der Waals surface area contributed by atoms with Crippen LogP contribution in [0.5, 0.6) is 0 Å². The molecule has 5 heteroatoms. The second-order valence-electron chi connectivity index (χ2n) is 4.34. The maximum absolute atomic E-state index is 11.9. The molecular weight excluding hydrogens is 256 g/mol. The number of aliphatic carboxylic acids is 1. The number of hydrogen-bond acceptors (Lipinski definition) is 3. The van der Waals surface area contributed by atoms with Crippen LogP contribution in [0.15, 0.2) is 48.5 Å². The molecule has 0 saturated heterocycles. The molecular formula is C15H14N2O3. The van der Waals surface area contributed by atoms with Crippen LogP contribution in [-0.4, -0.2) is 17.0 Å². The average molecular weight is 270 g/mol. The summed E-state index contributed by atoms with van der Waals surface area (Å²) in [7, 11) is 0. The van der Waals surface area contributed by atoms with Crippen molar-refractivity contribution in [3.8, 4) is 0 Å². The van der Waals surface area contributed by atoms with Gasteiger partial charge in [0.15, 0.2) is 0 Å². The van der Waals surface area contributed by atoms with E-state index in [1.54, 1.807) is 48.5 Å². The molecule has 0 heterocycles. The Morgan fingerprint density at radius 2 is 1.60 bits per heavy atom. The molecule has 0 atom stereocenters. The van der Waals surface area contributed by atoms with Crippen molar-refractivity contribution in [1.82, 2.24) is 0 Å².